The van der Waals surface area contributed by atoms with Gasteiger partial charge in [0, 0.05) is 17.4 Å². The van der Waals surface area contributed by atoms with Crippen LogP contribution in [0.5, 0.6) is 5.75 Å². The van der Waals surface area contributed by atoms with Crippen LogP contribution in [0.25, 0.3) is 23.1 Å². The highest BCUT2D eigenvalue weighted by molar-refractivity contribution is 7.92. The number of para-hydroxylation sites is 1. The monoisotopic (exact) mass is 557 g/mol. The summed E-state index contributed by atoms with van der Waals surface area (Å²) in [5.41, 5.74) is 1.33. The van der Waals surface area contributed by atoms with Crippen LogP contribution in [0.4, 0.5) is 18.9 Å². The lowest BCUT2D eigenvalue weighted by molar-refractivity contribution is -0.138. The SMILES string of the molecule is O=C(O)CC[C@H]1CN(S(=O)(=O)c2cccc(C(F)(F)F)c2)c2cc(/C=C/c3cccc4cn[nH]c34)ccc2O1. The normalized spacial score (nSPS) is 15.9. The molecule has 0 radical (unpaired) electrons. The number of anilines is 1. The zero-order chi connectivity index (χ0) is 27.8. The summed E-state index contributed by atoms with van der Waals surface area (Å²) in [6.45, 7) is -0.264. The number of nitrogens with one attached hydrogen (secondary N) is 1. The molecule has 1 aliphatic heterocycles. The van der Waals surface area contributed by atoms with E-state index in [0.29, 0.717) is 11.6 Å². The summed E-state index contributed by atoms with van der Waals surface area (Å²) in [7, 11) is -4.47. The van der Waals surface area contributed by atoms with Crippen molar-refractivity contribution in [2.75, 3.05) is 10.8 Å². The number of aliphatic carboxylic acids is 1. The van der Waals surface area contributed by atoms with Crippen molar-refractivity contribution < 1.29 is 36.2 Å². The first kappa shape index (κ1) is 26.3. The Balaban J connectivity index is 1.54. The summed E-state index contributed by atoms with van der Waals surface area (Å²) in [4.78, 5) is 10.6. The Morgan fingerprint density at radius 2 is 1.92 bits per heavy atom. The third kappa shape index (κ3) is 5.46. The molecule has 0 aliphatic carbocycles. The minimum Gasteiger partial charge on any atom is -0.486 e. The Morgan fingerprint density at radius 3 is 2.69 bits per heavy atom. The maximum atomic E-state index is 13.7. The molecule has 0 fully saturated rings. The first-order valence-electron chi connectivity index (χ1n) is 11.8. The van der Waals surface area contributed by atoms with Gasteiger partial charge in [0.1, 0.15) is 11.9 Å². The number of halogens is 3. The molecule has 0 unspecified atom stereocenters. The molecule has 2 heterocycles. The molecule has 2 N–H and O–H groups in total. The average Bonchev–Trinajstić information content (AvgIpc) is 3.39. The van der Waals surface area contributed by atoms with Gasteiger partial charge in [0.15, 0.2) is 0 Å². The van der Waals surface area contributed by atoms with E-state index < -0.39 is 38.7 Å². The minimum absolute atomic E-state index is 0.0131. The van der Waals surface area contributed by atoms with E-state index in [1.54, 1.807) is 30.5 Å². The molecule has 0 spiro atoms. The van der Waals surface area contributed by atoms with Gasteiger partial charge in [-0.25, -0.2) is 8.42 Å². The van der Waals surface area contributed by atoms with E-state index in [1.807, 2.05) is 24.3 Å². The van der Waals surface area contributed by atoms with Crippen LogP contribution in [0.3, 0.4) is 0 Å². The van der Waals surface area contributed by atoms with Crippen LogP contribution in [0.15, 0.2) is 71.8 Å². The number of rotatable bonds is 7. The number of fused-ring (bicyclic) bond motifs is 2. The van der Waals surface area contributed by atoms with E-state index in [1.165, 1.54) is 0 Å². The van der Waals surface area contributed by atoms with Gasteiger partial charge in [-0.05, 0) is 42.3 Å². The fraction of sp³-hybridized carbons (Fsp3) is 0.185. The van der Waals surface area contributed by atoms with E-state index >= 15 is 0 Å². The van der Waals surface area contributed by atoms with Gasteiger partial charge in [0.2, 0.25) is 0 Å². The molecule has 0 saturated carbocycles. The van der Waals surface area contributed by atoms with E-state index in [9.17, 15) is 26.4 Å². The average molecular weight is 558 g/mol. The Hall–Kier alpha value is -4.32. The number of hydrogen-bond acceptors (Lipinski definition) is 5. The van der Waals surface area contributed by atoms with Gasteiger partial charge >= 0.3 is 12.1 Å². The Morgan fingerprint density at radius 1 is 1.13 bits per heavy atom. The van der Waals surface area contributed by atoms with Crippen molar-refractivity contribution in [2.45, 2.75) is 30.0 Å². The quantitative estimate of drug-likeness (QED) is 0.287. The van der Waals surface area contributed by atoms with E-state index in [2.05, 4.69) is 10.2 Å². The smallest absolute Gasteiger partial charge is 0.416 e. The molecule has 8 nitrogen and oxygen atoms in total. The number of alkyl halides is 3. The number of carbonyl (C=O) groups is 1. The zero-order valence-corrected chi connectivity index (χ0v) is 21.0. The fourth-order valence-electron chi connectivity index (χ4n) is 4.37. The number of aromatic amines is 1. The summed E-state index contributed by atoms with van der Waals surface area (Å²) in [6, 6.07) is 14.0. The van der Waals surface area contributed by atoms with Gasteiger partial charge in [0.25, 0.3) is 10.0 Å². The lowest BCUT2D eigenvalue weighted by atomic mass is 10.1. The minimum atomic E-state index is -4.73. The van der Waals surface area contributed by atoms with Crippen LogP contribution in [-0.2, 0) is 21.0 Å². The van der Waals surface area contributed by atoms with Gasteiger partial charge in [-0.3, -0.25) is 14.2 Å². The summed E-state index contributed by atoms with van der Waals surface area (Å²) < 4.78 is 74.2. The van der Waals surface area contributed by atoms with Gasteiger partial charge in [-0.2, -0.15) is 18.3 Å². The molecule has 0 saturated heterocycles. The second-order valence-electron chi connectivity index (χ2n) is 8.98. The first-order valence-corrected chi connectivity index (χ1v) is 13.3. The molecule has 1 aliphatic rings. The van der Waals surface area contributed by atoms with Crippen LogP contribution < -0.4 is 9.04 Å². The van der Waals surface area contributed by atoms with Crippen molar-refractivity contribution in [1.82, 2.24) is 10.2 Å². The number of aromatic nitrogens is 2. The number of nitrogens with zero attached hydrogens (tertiary/aromatic N) is 2. The fourth-order valence-corrected chi connectivity index (χ4v) is 5.92. The predicted octanol–water partition coefficient (Wildman–Crippen LogP) is 5.57. The highest BCUT2D eigenvalue weighted by Gasteiger charge is 2.37. The van der Waals surface area contributed by atoms with Gasteiger partial charge in [-0.15, -0.1) is 0 Å². The lowest BCUT2D eigenvalue weighted by Gasteiger charge is -2.35. The van der Waals surface area contributed by atoms with Crippen LogP contribution in [0, 0.1) is 0 Å². The standard InChI is InChI=1S/C27H22F3N3O5S/c28-27(29,30)20-5-2-6-22(14-20)39(36,37)33-16-21(10-12-25(34)35)38-24-11-8-17(13-23(24)33)7-9-18-3-1-4-19-15-31-32-26(18)19/h1-9,11,13-15,21H,10,12,16H2,(H,31,32)(H,34,35)/b9-7+/t21-/m0/s1. The largest absolute Gasteiger partial charge is 0.486 e. The van der Waals surface area contributed by atoms with Crippen molar-refractivity contribution in [2.24, 2.45) is 0 Å². The second-order valence-corrected chi connectivity index (χ2v) is 10.8. The van der Waals surface area contributed by atoms with Gasteiger partial charge < -0.3 is 9.84 Å². The number of benzene rings is 3. The summed E-state index contributed by atoms with van der Waals surface area (Å²) in [5, 5.41) is 17.0. The third-order valence-electron chi connectivity index (χ3n) is 6.31. The molecule has 5 rings (SSSR count). The van der Waals surface area contributed by atoms with E-state index in [-0.39, 0.29) is 30.8 Å². The zero-order valence-electron chi connectivity index (χ0n) is 20.2. The van der Waals surface area contributed by atoms with Gasteiger partial charge in [0.05, 0.1) is 34.4 Å². The highest BCUT2D eigenvalue weighted by Crippen LogP contribution is 2.40. The van der Waals surface area contributed by atoms with Crippen molar-refractivity contribution >= 4 is 44.7 Å². The lowest BCUT2D eigenvalue weighted by Crippen LogP contribution is -2.43. The summed E-state index contributed by atoms with van der Waals surface area (Å²) in [5.74, 6) is -0.899. The molecule has 1 aromatic heterocycles. The maximum absolute atomic E-state index is 13.7. The highest BCUT2D eigenvalue weighted by atomic mass is 32.2. The van der Waals surface area contributed by atoms with E-state index in [0.717, 1.165) is 39.0 Å². The number of hydrogen-bond donors (Lipinski definition) is 2. The van der Waals surface area contributed by atoms with Crippen molar-refractivity contribution in [3.8, 4) is 5.75 Å². The molecule has 0 bridgehead atoms. The molecule has 3 aromatic carbocycles. The van der Waals surface area contributed by atoms with Crippen molar-refractivity contribution in [3.63, 3.8) is 0 Å². The molecular weight excluding hydrogens is 535 g/mol. The Bertz CT molecular complexity index is 1680. The van der Waals surface area contributed by atoms with Gasteiger partial charge in [-0.1, -0.05) is 42.5 Å². The number of carboxylic acids is 1. The van der Waals surface area contributed by atoms with Crippen LogP contribution in [-0.4, -0.2) is 42.3 Å². The van der Waals surface area contributed by atoms with Crippen LogP contribution >= 0.6 is 0 Å². The summed E-state index contributed by atoms with van der Waals surface area (Å²) in [6.07, 6.45) is -0.506. The maximum Gasteiger partial charge on any atom is 0.416 e. The topological polar surface area (TPSA) is 113 Å². The van der Waals surface area contributed by atoms with E-state index in [4.69, 9.17) is 9.84 Å². The Labute approximate surface area is 221 Å². The molecular formula is C27H22F3N3O5S. The number of H-pyrrole nitrogens is 1. The molecule has 12 heteroatoms. The third-order valence-corrected chi connectivity index (χ3v) is 8.08. The number of ether oxygens (including phenoxy) is 1. The molecule has 4 aromatic rings. The molecule has 202 valence electrons. The van der Waals surface area contributed by atoms with Crippen molar-refractivity contribution in [3.05, 3.63) is 83.6 Å². The first-order chi connectivity index (χ1) is 18.5. The Kier molecular flexibility index (Phi) is 6.81. The van der Waals surface area contributed by atoms with Crippen LogP contribution in [0.2, 0.25) is 0 Å². The second kappa shape index (κ2) is 10.1. The number of sulfonamides is 1. The molecule has 39 heavy (non-hydrogen) atoms. The molecule has 1 atom stereocenters. The van der Waals surface area contributed by atoms with Crippen LogP contribution in [0.1, 0.15) is 29.5 Å². The van der Waals surface area contributed by atoms with Crippen molar-refractivity contribution in [1.29, 1.82) is 0 Å². The predicted molar refractivity (Wildman–Crippen MR) is 139 cm³/mol. The number of carboxylic acid groups (broad SMARTS) is 1. The summed E-state index contributed by atoms with van der Waals surface area (Å²) >= 11 is 0. The molecule has 0 amide bonds.